The molecule has 1 atom stereocenters. The lowest BCUT2D eigenvalue weighted by Gasteiger charge is -2.17. The summed E-state index contributed by atoms with van der Waals surface area (Å²) in [6.07, 6.45) is -0.469. The maximum Gasteiger partial charge on any atom is 0.250 e. The second kappa shape index (κ2) is 7.09. The van der Waals surface area contributed by atoms with Gasteiger partial charge in [0.05, 0.1) is 10.4 Å². The minimum absolute atomic E-state index is 0.0814. The Morgan fingerprint density at radius 2 is 1.95 bits per heavy atom. The number of thiophene rings is 1. The Labute approximate surface area is 137 Å². The fourth-order valence-electron chi connectivity index (χ4n) is 1.76. The topological polar surface area (TPSA) is 55.4 Å². The van der Waals surface area contributed by atoms with E-state index in [1.165, 1.54) is 13.2 Å². The van der Waals surface area contributed by atoms with Gasteiger partial charge in [-0.25, -0.2) is 13.1 Å². The van der Waals surface area contributed by atoms with Crippen LogP contribution >= 0.6 is 34.5 Å². The van der Waals surface area contributed by atoms with Crippen LogP contribution in [-0.2, 0) is 14.8 Å². The van der Waals surface area contributed by atoms with Crippen molar-refractivity contribution in [3.63, 3.8) is 0 Å². The molecule has 1 unspecified atom stereocenters. The lowest BCUT2D eigenvalue weighted by atomic mass is 10.1. The number of sulfonamides is 1. The van der Waals surface area contributed by atoms with Crippen LogP contribution in [0.1, 0.15) is 11.7 Å². The molecule has 2 rings (SSSR count). The van der Waals surface area contributed by atoms with Gasteiger partial charge in [-0.2, -0.15) is 0 Å². The zero-order valence-electron chi connectivity index (χ0n) is 11.0. The first-order chi connectivity index (χ1) is 9.94. The standard InChI is InChI=1S/C13H13Cl2NO3S2/c1-19-11(9-4-2-3-5-10(9)14)8-16-21(17,18)13-7-6-12(15)20-13/h2-7,11,16H,8H2,1H3. The molecule has 0 saturated heterocycles. The highest BCUT2D eigenvalue weighted by atomic mass is 35.5. The van der Waals surface area contributed by atoms with Gasteiger partial charge in [0.15, 0.2) is 0 Å². The third-order valence-corrected chi connectivity index (χ3v) is 6.30. The summed E-state index contributed by atoms with van der Waals surface area (Å²) in [5.41, 5.74) is 0.730. The molecule has 114 valence electrons. The van der Waals surface area contributed by atoms with Crippen molar-refractivity contribution in [1.82, 2.24) is 4.72 Å². The van der Waals surface area contributed by atoms with E-state index in [9.17, 15) is 8.42 Å². The van der Waals surface area contributed by atoms with Crippen LogP contribution in [0, 0.1) is 0 Å². The monoisotopic (exact) mass is 365 g/mol. The van der Waals surface area contributed by atoms with Gasteiger partial charge < -0.3 is 4.74 Å². The molecule has 8 heteroatoms. The van der Waals surface area contributed by atoms with Gasteiger partial charge in [0.2, 0.25) is 10.0 Å². The Bertz CT molecular complexity index is 716. The molecule has 1 aromatic heterocycles. The molecule has 0 aliphatic heterocycles. The molecule has 2 aromatic rings. The van der Waals surface area contributed by atoms with Crippen LogP contribution in [0.15, 0.2) is 40.6 Å². The average Bonchev–Trinajstić information content (AvgIpc) is 2.89. The molecular weight excluding hydrogens is 353 g/mol. The highest BCUT2D eigenvalue weighted by Gasteiger charge is 2.20. The lowest BCUT2D eigenvalue weighted by Crippen LogP contribution is -2.28. The Balaban J connectivity index is 2.12. The zero-order chi connectivity index (χ0) is 15.5. The van der Waals surface area contributed by atoms with Crippen LogP contribution in [-0.4, -0.2) is 22.1 Å². The first-order valence-corrected chi connectivity index (χ1v) is 9.02. The molecule has 0 aliphatic carbocycles. The van der Waals surface area contributed by atoms with Crippen LogP contribution in [0.4, 0.5) is 0 Å². The maximum atomic E-state index is 12.1. The fourth-order valence-corrected chi connectivity index (χ4v) is 4.57. The van der Waals surface area contributed by atoms with E-state index in [0.29, 0.717) is 9.36 Å². The summed E-state index contributed by atoms with van der Waals surface area (Å²) >= 11 is 12.9. The predicted octanol–water partition coefficient (Wildman–Crippen LogP) is 3.72. The third-order valence-electron chi connectivity index (χ3n) is 2.81. The van der Waals surface area contributed by atoms with Crippen LogP contribution in [0.3, 0.4) is 0 Å². The first kappa shape index (κ1) is 16.7. The van der Waals surface area contributed by atoms with E-state index < -0.39 is 16.1 Å². The van der Waals surface area contributed by atoms with E-state index in [-0.39, 0.29) is 10.8 Å². The third kappa shape index (κ3) is 4.18. The van der Waals surface area contributed by atoms with Gasteiger partial charge >= 0.3 is 0 Å². The van der Waals surface area contributed by atoms with Gasteiger partial charge in [0.1, 0.15) is 4.21 Å². The van der Waals surface area contributed by atoms with Crippen molar-refractivity contribution < 1.29 is 13.2 Å². The number of hydrogen-bond acceptors (Lipinski definition) is 4. The molecule has 0 saturated carbocycles. The first-order valence-electron chi connectivity index (χ1n) is 5.96. The Kier molecular flexibility index (Phi) is 5.65. The molecule has 0 bridgehead atoms. The van der Waals surface area contributed by atoms with E-state index in [2.05, 4.69) is 4.72 Å². The summed E-state index contributed by atoms with van der Waals surface area (Å²) in [4.78, 5) is 0. The van der Waals surface area contributed by atoms with Crippen LogP contribution in [0.5, 0.6) is 0 Å². The molecule has 1 aromatic carbocycles. The fraction of sp³-hybridized carbons (Fsp3) is 0.231. The van der Waals surface area contributed by atoms with Crippen molar-refractivity contribution in [2.45, 2.75) is 10.3 Å². The van der Waals surface area contributed by atoms with E-state index in [0.717, 1.165) is 16.9 Å². The van der Waals surface area contributed by atoms with Crippen LogP contribution in [0.2, 0.25) is 9.36 Å². The molecule has 4 nitrogen and oxygen atoms in total. The second-order valence-corrected chi connectivity index (χ2v) is 8.27. The SMILES string of the molecule is COC(CNS(=O)(=O)c1ccc(Cl)s1)c1ccccc1Cl. The molecule has 0 aliphatic rings. The van der Waals surface area contributed by atoms with E-state index in [4.69, 9.17) is 27.9 Å². The van der Waals surface area contributed by atoms with Crippen molar-refractivity contribution >= 4 is 44.6 Å². The summed E-state index contributed by atoms with van der Waals surface area (Å²) in [5.74, 6) is 0. The zero-order valence-corrected chi connectivity index (χ0v) is 14.2. The Hall–Kier alpha value is -0.630. The van der Waals surface area contributed by atoms with Crippen molar-refractivity contribution in [3.05, 3.63) is 51.3 Å². The van der Waals surface area contributed by atoms with Crippen molar-refractivity contribution in [2.24, 2.45) is 0 Å². The normalized spacial score (nSPS) is 13.3. The largest absolute Gasteiger partial charge is 0.375 e. The smallest absolute Gasteiger partial charge is 0.250 e. The average molecular weight is 366 g/mol. The van der Waals surface area contributed by atoms with Gasteiger partial charge in [0.25, 0.3) is 0 Å². The minimum atomic E-state index is -3.60. The predicted molar refractivity (Wildman–Crippen MR) is 85.7 cm³/mol. The number of benzene rings is 1. The lowest BCUT2D eigenvalue weighted by molar-refractivity contribution is 0.107. The molecule has 0 fully saturated rings. The van der Waals surface area contributed by atoms with Gasteiger partial charge in [-0.1, -0.05) is 41.4 Å². The molecule has 0 spiro atoms. The second-order valence-electron chi connectivity index (χ2n) is 4.16. The highest BCUT2D eigenvalue weighted by Crippen LogP contribution is 2.27. The van der Waals surface area contributed by atoms with Crippen molar-refractivity contribution in [2.75, 3.05) is 13.7 Å². The number of nitrogens with one attached hydrogen (secondary N) is 1. The summed E-state index contributed by atoms with van der Waals surface area (Å²) in [6.45, 7) is 0.0814. The molecular formula is C13H13Cl2NO3S2. The molecule has 0 amide bonds. The molecule has 1 heterocycles. The minimum Gasteiger partial charge on any atom is -0.375 e. The quantitative estimate of drug-likeness (QED) is 0.848. The van der Waals surface area contributed by atoms with Crippen molar-refractivity contribution in [3.8, 4) is 0 Å². The summed E-state index contributed by atoms with van der Waals surface area (Å²) in [7, 11) is -2.10. The van der Waals surface area contributed by atoms with Gasteiger partial charge in [-0.3, -0.25) is 0 Å². The van der Waals surface area contributed by atoms with E-state index in [1.54, 1.807) is 24.3 Å². The number of halogens is 2. The van der Waals surface area contributed by atoms with Crippen LogP contribution < -0.4 is 4.72 Å². The Morgan fingerprint density at radius 1 is 1.24 bits per heavy atom. The van der Waals surface area contributed by atoms with Gasteiger partial charge in [-0.05, 0) is 18.2 Å². The summed E-state index contributed by atoms with van der Waals surface area (Å²) in [6, 6.07) is 10.2. The summed E-state index contributed by atoms with van der Waals surface area (Å²) in [5, 5.41) is 0.530. The van der Waals surface area contributed by atoms with E-state index in [1.807, 2.05) is 6.07 Å². The van der Waals surface area contributed by atoms with Crippen molar-refractivity contribution in [1.29, 1.82) is 0 Å². The molecule has 0 radical (unpaired) electrons. The highest BCUT2D eigenvalue weighted by molar-refractivity contribution is 7.91. The Morgan fingerprint density at radius 3 is 2.52 bits per heavy atom. The number of methoxy groups -OCH3 is 1. The number of rotatable bonds is 6. The van der Waals surface area contributed by atoms with Gasteiger partial charge in [-0.15, -0.1) is 11.3 Å². The maximum absolute atomic E-state index is 12.1. The van der Waals surface area contributed by atoms with Gasteiger partial charge in [0, 0.05) is 24.2 Å². The number of ether oxygens (including phenoxy) is 1. The molecule has 21 heavy (non-hydrogen) atoms. The number of hydrogen-bond donors (Lipinski definition) is 1. The summed E-state index contributed by atoms with van der Waals surface area (Å²) < 4.78 is 32.7. The molecule has 1 N–H and O–H groups in total. The van der Waals surface area contributed by atoms with Crippen LogP contribution in [0.25, 0.3) is 0 Å². The van der Waals surface area contributed by atoms with E-state index >= 15 is 0 Å².